The van der Waals surface area contributed by atoms with Gasteiger partial charge >= 0.3 is 0 Å². The van der Waals surface area contributed by atoms with Crippen LogP contribution >= 0.6 is 0 Å². The van der Waals surface area contributed by atoms with Crippen LogP contribution in [-0.2, 0) is 19.2 Å². The highest BCUT2D eigenvalue weighted by Gasteiger charge is 2.52. The molecule has 2 N–H and O–H groups in total. The highest BCUT2D eigenvalue weighted by molar-refractivity contribution is 7.89. The second kappa shape index (κ2) is 10.8. The Balaban J connectivity index is 1.88. The highest BCUT2D eigenvalue weighted by atomic mass is 32.2. The fourth-order valence-electron chi connectivity index (χ4n) is 5.28. The molecule has 196 valence electrons. The summed E-state index contributed by atoms with van der Waals surface area (Å²) in [5.41, 5.74) is 0.828. The molecule has 3 rings (SSSR count). The first-order chi connectivity index (χ1) is 16.2. The van der Waals surface area contributed by atoms with Gasteiger partial charge in [0, 0.05) is 24.1 Å². The molecule has 1 aromatic rings. The quantitative estimate of drug-likeness (QED) is 0.276. The molecule has 1 heterocycles. The predicted molar refractivity (Wildman–Crippen MR) is 140 cm³/mol. The molecule has 35 heavy (non-hydrogen) atoms. The SMILES string of the molecule is Cc1ccc(S(=O)(=O)NC2CCCC2)c(C(=O)[C@H](C)[C@H]2NC(=O)[C@H]2[C@@H](CO[SiH](C)C)C(C)(C)C)c1. The summed E-state index contributed by atoms with van der Waals surface area (Å²) in [5.74, 6) is -1.30. The fraction of sp³-hybridized carbons (Fsp3) is 0.692. The number of hydrogen-bond acceptors (Lipinski definition) is 5. The van der Waals surface area contributed by atoms with Gasteiger partial charge in [-0.15, -0.1) is 0 Å². The number of Topliss-reactive ketones (excluding diaryl/α,β-unsaturated/α-hetero) is 1. The van der Waals surface area contributed by atoms with Crippen LogP contribution in [-0.4, -0.2) is 47.8 Å². The van der Waals surface area contributed by atoms with Crippen molar-refractivity contribution in [2.45, 2.75) is 90.4 Å². The van der Waals surface area contributed by atoms with Crippen LogP contribution in [0.25, 0.3) is 0 Å². The van der Waals surface area contributed by atoms with Gasteiger partial charge in [0.1, 0.15) is 0 Å². The highest BCUT2D eigenvalue weighted by Crippen LogP contribution is 2.41. The number of nitrogens with one attached hydrogen (secondary N) is 2. The number of rotatable bonds is 10. The number of amides is 1. The zero-order chi connectivity index (χ0) is 26.1. The maximum Gasteiger partial charge on any atom is 0.241 e. The summed E-state index contributed by atoms with van der Waals surface area (Å²) in [4.78, 5) is 26.5. The van der Waals surface area contributed by atoms with Gasteiger partial charge in [0.05, 0.1) is 16.9 Å². The monoisotopic (exact) mass is 522 g/mol. The van der Waals surface area contributed by atoms with Gasteiger partial charge in [0.25, 0.3) is 0 Å². The molecule has 0 aromatic heterocycles. The molecule has 1 aliphatic heterocycles. The van der Waals surface area contributed by atoms with E-state index in [1.54, 1.807) is 19.1 Å². The maximum atomic E-state index is 13.8. The average molecular weight is 523 g/mol. The normalized spacial score (nSPS) is 23.1. The van der Waals surface area contributed by atoms with Crippen molar-refractivity contribution in [3.05, 3.63) is 29.3 Å². The third-order valence-corrected chi connectivity index (χ3v) is 9.91. The second-order valence-electron chi connectivity index (χ2n) is 11.7. The van der Waals surface area contributed by atoms with Crippen molar-refractivity contribution in [2.24, 2.45) is 23.2 Å². The summed E-state index contributed by atoms with van der Waals surface area (Å²) in [5, 5.41) is 2.95. The van der Waals surface area contributed by atoms with Crippen LogP contribution in [0.5, 0.6) is 0 Å². The van der Waals surface area contributed by atoms with Crippen molar-refractivity contribution >= 4 is 30.8 Å². The van der Waals surface area contributed by atoms with Crippen molar-refractivity contribution in [1.29, 1.82) is 0 Å². The van der Waals surface area contributed by atoms with Gasteiger partial charge in [0.2, 0.25) is 15.9 Å². The lowest BCUT2D eigenvalue weighted by Gasteiger charge is -2.48. The predicted octanol–water partition coefficient (Wildman–Crippen LogP) is 3.81. The van der Waals surface area contributed by atoms with Crippen molar-refractivity contribution in [2.75, 3.05) is 6.61 Å². The van der Waals surface area contributed by atoms with E-state index in [0.717, 1.165) is 31.2 Å². The Labute approximate surface area is 212 Å². The Hall–Kier alpha value is -1.55. The molecule has 1 saturated carbocycles. The number of aryl methyl sites for hydroxylation is 1. The molecule has 1 saturated heterocycles. The Bertz CT molecular complexity index is 1040. The smallest absolute Gasteiger partial charge is 0.241 e. The second-order valence-corrected chi connectivity index (χ2v) is 15.8. The van der Waals surface area contributed by atoms with Crippen LogP contribution in [0, 0.1) is 30.1 Å². The standard InChI is InChI=1S/C26H42N2O5SSi/c1-16-12-13-21(34(31,32)28-18-10-8-9-11-18)19(14-16)24(29)17(2)23-22(25(30)27-23)20(26(3,4)5)15-33-35(6)7/h12-14,17-18,20,22-23,28,35H,8-11,15H2,1-7H3,(H,27,30)/t17-,20-,22+,23-/m1/s1. The maximum absolute atomic E-state index is 13.8. The van der Waals surface area contributed by atoms with E-state index in [2.05, 4.69) is 43.9 Å². The van der Waals surface area contributed by atoms with Crippen LogP contribution in [0.4, 0.5) is 0 Å². The summed E-state index contributed by atoms with van der Waals surface area (Å²) >= 11 is 0. The molecule has 1 amide bonds. The molecule has 2 fully saturated rings. The van der Waals surface area contributed by atoms with E-state index in [1.165, 1.54) is 6.07 Å². The fourth-order valence-corrected chi connectivity index (χ4v) is 7.37. The molecular weight excluding hydrogens is 480 g/mol. The Morgan fingerprint density at radius 2 is 1.86 bits per heavy atom. The topological polar surface area (TPSA) is 102 Å². The third-order valence-electron chi connectivity index (χ3n) is 7.47. The van der Waals surface area contributed by atoms with Crippen LogP contribution in [0.1, 0.15) is 69.3 Å². The number of β-lactam (4-membered cyclic amide) rings is 1. The lowest BCUT2D eigenvalue weighted by molar-refractivity contribution is -0.143. The number of benzene rings is 1. The molecule has 1 aliphatic carbocycles. The van der Waals surface area contributed by atoms with Gasteiger partial charge < -0.3 is 9.74 Å². The van der Waals surface area contributed by atoms with Crippen molar-refractivity contribution in [1.82, 2.24) is 10.0 Å². The van der Waals surface area contributed by atoms with Gasteiger partial charge in [-0.25, -0.2) is 13.1 Å². The third kappa shape index (κ3) is 6.42. The van der Waals surface area contributed by atoms with Crippen molar-refractivity contribution < 1.29 is 22.4 Å². The Morgan fingerprint density at radius 3 is 2.40 bits per heavy atom. The summed E-state index contributed by atoms with van der Waals surface area (Å²) in [6, 6.07) is 4.46. The minimum atomic E-state index is -3.84. The number of hydrogen-bond donors (Lipinski definition) is 2. The number of carbonyl (C=O) groups is 2. The van der Waals surface area contributed by atoms with Crippen LogP contribution in [0.15, 0.2) is 23.1 Å². The number of sulfonamides is 1. The molecular formula is C26H42N2O5SSi. The lowest BCUT2D eigenvalue weighted by atomic mass is 9.64. The first-order valence-corrected chi connectivity index (χ1v) is 17.1. The van der Waals surface area contributed by atoms with E-state index in [4.69, 9.17) is 4.43 Å². The molecule has 0 radical (unpaired) electrons. The van der Waals surface area contributed by atoms with Crippen LogP contribution in [0.2, 0.25) is 13.1 Å². The minimum absolute atomic E-state index is 0.0237. The minimum Gasteiger partial charge on any atom is -0.420 e. The summed E-state index contributed by atoms with van der Waals surface area (Å²) in [6.45, 7) is 14.6. The molecule has 2 aliphatic rings. The van der Waals surface area contributed by atoms with E-state index < -0.39 is 25.0 Å². The number of carbonyl (C=O) groups excluding carboxylic acids is 2. The zero-order valence-electron chi connectivity index (χ0n) is 22.2. The zero-order valence-corrected chi connectivity index (χ0v) is 24.2. The average Bonchev–Trinajstić information content (AvgIpc) is 3.24. The van der Waals surface area contributed by atoms with Gasteiger partial charge in [-0.2, -0.15) is 0 Å². The molecule has 1 aromatic carbocycles. The lowest BCUT2D eigenvalue weighted by Crippen LogP contribution is -2.66. The number of ketones is 1. The molecule has 0 unspecified atom stereocenters. The van der Waals surface area contributed by atoms with Crippen molar-refractivity contribution in [3.8, 4) is 0 Å². The summed E-state index contributed by atoms with van der Waals surface area (Å²) < 4.78 is 35.4. The first-order valence-electron chi connectivity index (χ1n) is 12.8. The van der Waals surface area contributed by atoms with E-state index >= 15 is 0 Å². The van der Waals surface area contributed by atoms with Gasteiger partial charge in [-0.05, 0) is 56.3 Å². The van der Waals surface area contributed by atoms with Crippen LogP contribution in [0.3, 0.4) is 0 Å². The molecule has 7 nitrogen and oxygen atoms in total. The van der Waals surface area contributed by atoms with E-state index in [9.17, 15) is 18.0 Å². The molecule has 0 bridgehead atoms. The van der Waals surface area contributed by atoms with Gasteiger partial charge in [-0.1, -0.05) is 52.2 Å². The van der Waals surface area contributed by atoms with E-state index in [1.807, 2.05) is 6.92 Å². The molecule has 4 atom stereocenters. The van der Waals surface area contributed by atoms with Crippen molar-refractivity contribution in [3.63, 3.8) is 0 Å². The van der Waals surface area contributed by atoms with E-state index in [0.29, 0.717) is 6.61 Å². The largest absolute Gasteiger partial charge is 0.420 e. The molecule has 9 heteroatoms. The summed E-state index contributed by atoms with van der Waals surface area (Å²) in [6.07, 6.45) is 3.64. The molecule has 0 spiro atoms. The Morgan fingerprint density at radius 1 is 1.23 bits per heavy atom. The van der Waals surface area contributed by atoms with Gasteiger partial charge in [0.15, 0.2) is 14.8 Å². The van der Waals surface area contributed by atoms with Crippen LogP contribution < -0.4 is 10.0 Å². The van der Waals surface area contributed by atoms with E-state index in [-0.39, 0.29) is 51.5 Å². The van der Waals surface area contributed by atoms with Gasteiger partial charge in [-0.3, -0.25) is 9.59 Å². The summed E-state index contributed by atoms with van der Waals surface area (Å²) in [7, 11) is -5.12. The first kappa shape index (κ1) is 28.0. The Kier molecular flexibility index (Phi) is 8.67.